The van der Waals surface area contributed by atoms with Gasteiger partial charge in [-0.25, -0.2) is 4.39 Å². The number of anilines is 1. The summed E-state index contributed by atoms with van der Waals surface area (Å²) in [7, 11) is 3.92. The fourth-order valence-corrected chi connectivity index (χ4v) is 3.96. The highest BCUT2D eigenvalue weighted by Crippen LogP contribution is 2.37. The van der Waals surface area contributed by atoms with Gasteiger partial charge in [0.15, 0.2) is 0 Å². The first-order valence-electron chi connectivity index (χ1n) is 10.1. The fourth-order valence-electron chi connectivity index (χ4n) is 3.70. The number of nitrogens with zero attached hydrogens (tertiary/aromatic N) is 3. The van der Waals surface area contributed by atoms with Gasteiger partial charge in [0.25, 0.3) is 5.91 Å². The first kappa shape index (κ1) is 21.3. The second-order valence-electron chi connectivity index (χ2n) is 7.76. The lowest BCUT2D eigenvalue weighted by Crippen LogP contribution is -2.35. The number of rotatable bonds is 5. The quantitative estimate of drug-likeness (QED) is 0.627. The Kier molecular flexibility index (Phi) is 6.25. The molecule has 1 fully saturated rings. The SMILES string of the molecule is CN1CCC(Oc2ccc(NC(=O)c3ccc(F)cc3)cc2-c2c(Cl)cnn2C)CC1. The molecule has 0 radical (unpaired) electrons. The highest BCUT2D eigenvalue weighted by atomic mass is 35.5. The van der Waals surface area contributed by atoms with Crippen molar-refractivity contribution in [3.05, 3.63) is 65.1 Å². The molecule has 0 bridgehead atoms. The number of halogens is 2. The number of aryl methyl sites for hydroxylation is 1. The molecular formula is C23H24ClFN4O2. The first-order chi connectivity index (χ1) is 14.9. The van der Waals surface area contributed by atoms with E-state index in [4.69, 9.17) is 16.3 Å². The average Bonchev–Trinajstić information content (AvgIpc) is 3.09. The van der Waals surface area contributed by atoms with Gasteiger partial charge in [-0.15, -0.1) is 0 Å². The molecule has 0 spiro atoms. The minimum Gasteiger partial charge on any atom is -0.490 e. The van der Waals surface area contributed by atoms with Crippen molar-refractivity contribution in [2.75, 3.05) is 25.5 Å². The Labute approximate surface area is 185 Å². The third-order valence-electron chi connectivity index (χ3n) is 5.45. The molecule has 0 unspecified atom stereocenters. The lowest BCUT2D eigenvalue weighted by atomic mass is 10.1. The molecule has 1 N–H and O–H groups in total. The Morgan fingerprint density at radius 3 is 2.52 bits per heavy atom. The van der Waals surface area contributed by atoms with Gasteiger partial charge < -0.3 is 15.0 Å². The third kappa shape index (κ3) is 4.89. The summed E-state index contributed by atoms with van der Waals surface area (Å²) >= 11 is 6.41. The average molecular weight is 443 g/mol. The molecule has 1 amide bonds. The zero-order valence-electron chi connectivity index (χ0n) is 17.4. The van der Waals surface area contributed by atoms with Crippen molar-refractivity contribution in [3.8, 4) is 17.0 Å². The lowest BCUT2D eigenvalue weighted by Gasteiger charge is -2.30. The van der Waals surface area contributed by atoms with Gasteiger partial charge in [-0.2, -0.15) is 5.10 Å². The summed E-state index contributed by atoms with van der Waals surface area (Å²) in [4.78, 5) is 14.9. The molecule has 1 aliphatic heterocycles. The van der Waals surface area contributed by atoms with Crippen molar-refractivity contribution >= 4 is 23.2 Å². The van der Waals surface area contributed by atoms with Crippen molar-refractivity contribution in [1.29, 1.82) is 0 Å². The van der Waals surface area contributed by atoms with Gasteiger partial charge in [0.05, 0.1) is 16.9 Å². The third-order valence-corrected chi connectivity index (χ3v) is 5.73. The number of likely N-dealkylation sites (tertiary alicyclic amines) is 1. The first-order valence-corrected chi connectivity index (χ1v) is 10.5. The molecule has 2 aromatic carbocycles. The van der Waals surface area contributed by atoms with Crippen LogP contribution in [0.15, 0.2) is 48.7 Å². The predicted molar refractivity (Wildman–Crippen MR) is 119 cm³/mol. The molecule has 31 heavy (non-hydrogen) atoms. The zero-order valence-corrected chi connectivity index (χ0v) is 18.2. The smallest absolute Gasteiger partial charge is 0.255 e. The highest BCUT2D eigenvalue weighted by molar-refractivity contribution is 6.33. The van der Waals surface area contributed by atoms with Crippen LogP contribution in [0.4, 0.5) is 10.1 Å². The van der Waals surface area contributed by atoms with Crippen molar-refractivity contribution in [3.63, 3.8) is 0 Å². The maximum atomic E-state index is 13.2. The Morgan fingerprint density at radius 2 is 1.87 bits per heavy atom. The van der Waals surface area contributed by atoms with Crippen LogP contribution >= 0.6 is 11.6 Å². The fraction of sp³-hybridized carbons (Fsp3) is 0.304. The number of amides is 1. The van der Waals surface area contributed by atoms with Crippen LogP contribution in [0.5, 0.6) is 5.75 Å². The van der Waals surface area contributed by atoms with E-state index in [1.165, 1.54) is 24.3 Å². The van der Waals surface area contributed by atoms with E-state index in [-0.39, 0.29) is 17.8 Å². The molecule has 6 nitrogen and oxygen atoms in total. The van der Waals surface area contributed by atoms with Gasteiger partial charge in [0, 0.05) is 37.0 Å². The molecule has 0 aliphatic carbocycles. The van der Waals surface area contributed by atoms with Crippen LogP contribution < -0.4 is 10.1 Å². The van der Waals surface area contributed by atoms with Gasteiger partial charge in [-0.3, -0.25) is 9.48 Å². The Hall–Kier alpha value is -2.90. The molecule has 4 rings (SSSR count). The summed E-state index contributed by atoms with van der Waals surface area (Å²) in [6, 6.07) is 10.9. The number of ether oxygens (including phenoxy) is 1. The van der Waals surface area contributed by atoms with Crippen LogP contribution in [0.25, 0.3) is 11.3 Å². The van der Waals surface area contributed by atoms with Crippen LogP contribution in [0.2, 0.25) is 5.02 Å². The Bertz CT molecular complexity index is 1060. The van der Waals surface area contributed by atoms with Crippen molar-refractivity contribution in [2.45, 2.75) is 18.9 Å². The van der Waals surface area contributed by atoms with E-state index in [1.807, 2.05) is 19.2 Å². The normalized spacial score (nSPS) is 15.1. The van der Waals surface area contributed by atoms with Gasteiger partial charge in [-0.05, 0) is 62.4 Å². The maximum Gasteiger partial charge on any atom is 0.255 e. The number of piperidine rings is 1. The monoisotopic (exact) mass is 442 g/mol. The largest absolute Gasteiger partial charge is 0.490 e. The summed E-state index contributed by atoms with van der Waals surface area (Å²) in [5.41, 5.74) is 2.41. The van der Waals surface area contributed by atoms with Crippen LogP contribution in [0.3, 0.4) is 0 Å². The van der Waals surface area contributed by atoms with E-state index in [0.29, 0.717) is 27.7 Å². The van der Waals surface area contributed by atoms with Crippen molar-refractivity contribution in [1.82, 2.24) is 14.7 Å². The number of hydrogen-bond donors (Lipinski definition) is 1. The van der Waals surface area contributed by atoms with E-state index in [0.717, 1.165) is 31.5 Å². The summed E-state index contributed by atoms with van der Waals surface area (Å²) in [6.45, 7) is 1.97. The summed E-state index contributed by atoms with van der Waals surface area (Å²) < 4.78 is 21.2. The van der Waals surface area contributed by atoms with Gasteiger partial charge in [0.2, 0.25) is 0 Å². The number of carbonyl (C=O) groups excluding carboxylic acids is 1. The van der Waals surface area contributed by atoms with Crippen molar-refractivity contribution < 1.29 is 13.9 Å². The van der Waals surface area contributed by atoms with Crippen molar-refractivity contribution in [2.24, 2.45) is 7.05 Å². The number of carbonyl (C=O) groups is 1. The molecule has 8 heteroatoms. The maximum absolute atomic E-state index is 13.2. The second-order valence-corrected chi connectivity index (χ2v) is 8.16. The number of nitrogens with one attached hydrogen (secondary N) is 1. The van der Waals surface area contributed by atoms with Crippen LogP contribution in [0.1, 0.15) is 23.2 Å². The molecule has 1 saturated heterocycles. The minimum absolute atomic E-state index is 0.113. The van der Waals surface area contributed by atoms with Gasteiger partial charge in [0.1, 0.15) is 17.7 Å². The molecule has 0 atom stereocenters. The Balaban J connectivity index is 1.63. The highest BCUT2D eigenvalue weighted by Gasteiger charge is 2.22. The Morgan fingerprint density at radius 1 is 1.16 bits per heavy atom. The number of hydrogen-bond acceptors (Lipinski definition) is 4. The van der Waals surface area contributed by atoms with Crippen LogP contribution in [-0.4, -0.2) is 46.8 Å². The van der Waals surface area contributed by atoms with Crippen LogP contribution in [0, 0.1) is 5.82 Å². The summed E-state index contributed by atoms with van der Waals surface area (Å²) in [5.74, 6) is -0.0223. The van der Waals surface area contributed by atoms with Gasteiger partial charge in [-0.1, -0.05) is 11.6 Å². The molecular weight excluding hydrogens is 419 g/mol. The topological polar surface area (TPSA) is 59.4 Å². The van der Waals surface area contributed by atoms with Crippen LogP contribution in [-0.2, 0) is 7.05 Å². The standard InChI is InChI=1S/C23H24ClFN4O2/c1-28-11-9-18(10-12-28)31-21-8-7-17(13-19(21)22-20(24)14-26-29(22)2)27-23(30)15-3-5-16(25)6-4-15/h3-8,13-14,18H,9-12H2,1-2H3,(H,27,30). The molecule has 1 aliphatic rings. The summed E-state index contributed by atoms with van der Waals surface area (Å²) in [6.07, 6.45) is 3.58. The minimum atomic E-state index is -0.389. The van der Waals surface area contributed by atoms with E-state index in [9.17, 15) is 9.18 Å². The van der Waals surface area contributed by atoms with Gasteiger partial charge >= 0.3 is 0 Å². The number of aromatic nitrogens is 2. The molecule has 162 valence electrons. The van der Waals surface area contributed by atoms with E-state index in [2.05, 4.69) is 22.4 Å². The number of benzene rings is 2. The molecule has 2 heterocycles. The molecule has 1 aromatic heterocycles. The molecule has 3 aromatic rings. The second kappa shape index (κ2) is 9.08. The van der Waals surface area contributed by atoms with E-state index in [1.54, 1.807) is 16.9 Å². The predicted octanol–water partition coefficient (Wildman–Crippen LogP) is 4.60. The van der Waals surface area contributed by atoms with E-state index < -0.39 is 0 Å². The zero-order chi connectivity index (χ0) is 22.0. The van der Waals surface area contributed by atoms with E-state index >= 15 is 0 Å². The summed E-state index contributed by atoms with van der Waals surface area (Å²) in [5, 5.41) is 7.59. The molecule has 0 saturated carbocycles. The lowest BCUT2D eigenvalue weighted by molar-refractivity contribution is 0.102.